The molecule has 0 bridgehead atoms. The Labute approximate surface area is 127 Å². The van der Waals surface area contributed by atoms with Gasteiger partial charge in [-0.25, -0.2) is 0 Å². The first-order valence-electron chi connectivity index (χ1n) is 6.05. The number of anilines is 1. The van der Waals surface area contributed by atoms with Gasteiger partial charge in [-0.1, -0.05) is 53.0 Å². The number of hydrogen-bond acceptors (Lipinski definition) is 2. The first-order chi connectivity index (χ1) is 9.49. The molecule has 5 heteroatoms. The maximum Gasteiger partial charge on any atom is 0.244 e. The number of hydrogen-bond donors (Lipinski definition) is 2. The maximum absolute atomic E-state index is 11.7. The molecule has 2 aromatic carbocycles. The molecule has 0 saturated heterocycles. The minimum absolute atomic E-state index is 0.331. The van der Waals surface area contributed by atoms with E-state index in [4.69, 9.17) is 28.9 Å². The van der Waals surface area contributed by atoms with Gasteiger partial charge in [-0.2, -0.15) is 0 Å². The largest absolute Gasteiger partial charge is 0.370 e. The predicted molar refractivity (Wildman–Crippen MR) is 83.2 cm³/mol. The first kappa shape index (κ1) is 14.7. The molecule has 0 aliphatic heterocycles. The van der Waals surface area contributed by atoms with E-state index in [0.717, 1.165) is 11.3 Å². The normalized spacial score (nSPS) is 11.9. The highest BCUT2D eigenvalue weighted by atomic mass is 35.5. The first-order valence-corrected chi connectivity index (χ1v) is 6.81. The van der Waals surface area contributed by atoms with Crippen molar-refractivity contribution in [1.82, 2.24) is 0 Å². The number of rotatable bonds is 4. The summed E-state index contributed by atoms with van der Waals surface area (Å²) in [6.07, 6.45) is 0. The molecule has 2 aromatic rings. The highest BCUT2D eigenvalue weighted by Crippen LogP contribution is 2.31. The SMILES string of the molecule is Cc1ccc(NC(C(N)=O)c2cccc(Cl)c2Cl)cc1. The molecule has 0 aliphatic rings. The van der Waals surface area contributed by atoms with Crippen LogP contribution in [0.15, 0.2) is 42.5 Å². The van der Waals surface area contributed by atoms with E-state index in [1.165, 1.54) is 0 Å². The van der Waals surface area contributed by atoms with Crippen LogP contribution in [0.2, 0.25) is 10.0 Å². The Morgan fingerprint density at radius 1 is 1.15 bits per heavy atom. The van der Waals surface area contributed by atoms with Gasteiger partial charge in [-0.3, -0.25) is 4.79 Å². The zero-order valence-electron chi connectivity index (χ0n) is 10.9. The van der Waals surface area contributed by atoms with Crippen molar-refractivity contribution in [2.75, 3.05) is 5.32 Å². The standard InChI is InChI=1S/C15H14Cl2N2O/c1-9-5-7-10(8-6-9)19-14(15(18)20)11-3-2-4-12(16)13(11)17/h2-8,14,19H,1H3,(H2,18,20). The molecular formula is C15H14Cl2N2O. The lowest BCUT2D eigenvalue weighted by Gasteiger charge is -2.19. The number of carbonyl (C=O) groups is 1. The van der Waals surface area contributed by atoms with E-state index in [0.29, 0.717) is 15.6 Å². The van der Waals surface area contributed by atoms with Gasteiger partial charge in [0.05, 0.1) is 10.0 Å². The summed E-state index contributed by atoms with van der Waals surface area (Å²) in [4.78, 5) is 11.7. The van der Waals surface area contributed by atoms with Crippen molar-refractivity contribution in [2.24, 2.45) is 5.73 Å². The molecule has 0 heterocycles. The van der Waals surface area contributed by atoms with E-state index in [9.17, 15) is 4.79 Å². The van der Waals surface area contributed by atoms with E-state index in [-0.39, 0.29) is 0 Å². The zero-order chi connectivity index (χ0) is 14.7. The molecule has 0 spiro atoms. The minimum Gasteiger partial charge on any atom is -0.370 e. The number of nitrogens with one attached hydrogen (secondary N) is 1. The van der Waals surface area contributed by atoms with Crippen LogP contribution in [0, 0.1) is 6.92 Å². The molecule has 0 fully saturated rings. The van der Waals surface area contributed by atoms with Crippen LogP contribution < -0.4 is 11.1 Å². The second-order valence-electron chi connectivity index (χ2n) is 4.49. The molecule has 104 valence electrons. The Morgan fingerprint density at radius 3 is 2.40 bits per heavy atom. The molecule has 1 atom stereocenters. The lowest BCUT2D eigenvalue weighted by molar-refractivity contribution is -0.118. The number of amides is 1. The molecule has 3 N–H and O–H groups in total. The number of carbonyl (C=O) groups excluding carboxylic acids is 1. The maximum atomic E-state index is 11.7. The summed E-state index contributed by atoms with van der Waals surface area (Å²) in [5.41, 5.74) is 7.94. The van der Waals surface area contributed by atoms with E-state index >= 15 is 0 Å². The van der Waals surface area contributed by atoms with Gasteiger partial charge in [0.1, 0.15) is 6.04 Å². The van der Waals surface area contributed by atoms with E-state index in [1.54, 1.807) is 18.2 Å². The third kappa shape index (κ3) is 3.24. The Balaban J connectivity index is 2.34. The van der Waals surface area contributed by atoms with Crippen LogP contribution in [-0.2, 0) is 4.79 Å². The van der Waals surface area contributed by atoms with Gasteiger partial charge in [0.15, 0.2) is 0 Å². The Kier molecular flexibility index (Phi) is 4.53. The van der Waals surface area contributed by atoms with Crippen LogP contribution in [0.3, 0.4) is 0 Å². The van der Waals surface area contributed by atoms with Gasteiger partial charge in [0.25, 0.3) is 0 Å². The topological polar surface area (TPSA) is 55.1 Å². The third-order valence-electron chi connectivity index (χ3n) is 2.94. The van der Waals surface area contributed by atoms with Crippen LogP contribution in [0.25, 0.3) is 0 Å². The van der Waals surface area contributed by atoms with Gasteiger partial charge in [-0.15, -0.1) is 0 Å². The highest BCUT2D eigenvalue weighted by Gasteiger charge is 2.21. The fourth-order valence-corrected chi connectivity index (χ4v) is 2.28. The number of aryl methyl sites for hydroxylation is 1. The van der Waals surface area contributed by atoms with Gasteiger partial charge in [0.2, 0.25) is 5.91 Å². The van der Waals surface area contributed by atoms with Crippen molar-refractivity contribution in [1.29, 1.82) is 0 Å². The summed E-state index contributed by atoms with van der Waals surface area (Å²) in [7, 11) is 0. The molecule has 0 aliphatic carbocycles. The summed E-state index contributed by atoms with van der Waals surface area (Å²) >= 11 is 12.1. The van der Waals surface area contributed by atoms with Gasteiger partial charge in [-0.05, 0) is 25.1 Å². The van der Waals surface area contributed by atoms with E-state index < -0.39 is 11.9 Å². The molecular weight excluding hydrogens is 295 g/mol. The van der Waals surface area contributed by atoms with Crippen molar-refractivity contribution in [3.63, 3.8) is 0 Å². The zero-order valence-corrected chi connectivity index (χ0v) is 12.4. The predicted octanol–water partition coefficient (Wildman–Crippen LogP) is 3.94. The Bertz CT molecular complexity index is 626. The number of nitrogens with two attached hydrogens (primary N) is 1. The van der Waals surface area contributed by atoms with E-state index in [2.05, 4.69) is 5.32 Å². The quantitative estimate of drug-likeness (QED) is 0.899. The van der Waals surface area contributed by atoms with Crippen LogP contribution in [0.4, 0.5) is 5.69 Å². The van der Waals surface area contributed by atoms with Crippen LogP contribution in [0.5, 0.6) is 0 Å². The summed E-state index contributed by atoms with van der Waals surface area (Å²) in [6.45, 7) is 1.99. The third-order valence-corrected chi connectivity index (χ3v) is 3.77. The molecule has 1 amide bonds. The van der Waals surface area contributed by atoms with Gasteiger partial charge >= 0.3 is 0 Å². The van der Waals surface area contributed by atoms with Crippen LogP contribution in [0.1, 0.15) is 17.2 Å². The molecule has 1 unspecified atom stereocenters. The van der Waals surface area contributed by atoms with Crippen molar-refractivity contribution in [3.8, 4) is 0 Å². The van der Waals surface area contributed by atoms with Crippen molar-refractivity contribution in [3.05, 3.63) is 63.6 Å². The summed E-state index contributed by atoms with van der Waals surface area (Å²) in [5, 5.41) is 3.79. The fraction of sp³-hybridized carbons (Fsp3) is 0.133. The van der Waals surface area contributed by atoms with Gasteiger partial charge < -0.3 is 11.1 Å². The number of halogens is 2. The summed E-state index contributed by atoms with van der Waals surface area (Å²) in [6, 6.07) is 12.0. The Hall–Kier alpha value is -1.71. The van der Waals surface area contributed by atoms with Crippen LogP contribution >= 0.6 is 23.2 Å². The van der Waals surface area contributed by atoms with Crippen molar-refractivity contribution >= 4 is 34.8 Å². The van der Waals surface area contributed by atoms with Crippen molar-refractivity contribution < 1.29 is 4.79 Å². The molecule has 0 aromatic heterocycles. The van der Waals surface area contributed by atoms with Crippen LogP contribution in [-0.4, -0.2) is 5.91 Å². The molecule has 0 radical (unpaired) electrons. The molecule has 0 saturated carbocycles. The molecule has 2 rings (SSSR count). The minimum atomic E-state index is -0.732. The Morgan fingerprint density at radius 2 is 1.80 bits per heavy atom. The number of benzene rings is 2. The average Bonchev–Trinajstić information content (AvgIpc) is 2.41. The summed E-state index contributed by atoms with van der Waals surface area (Å²) in [5.74, 6) is -0.519. The number of primary amides is 1. The lowest BCUT2D eigenvalue weighted by Crippen LogP contribution is -2.28. The van der Waals surface area contributed by atoms with Gasteiger partial charge in [0, 0.05) is 11.3 Å². The van der Waals surface area contributed by atoms with E-state index in [1.807, 2.05) is 31.2 Å². The highest BCUT2D eigenvalue weighted by molar-refractivity contribution is 6.42. The second kappa shape index (κ2) is 6.16. The fourth-order valence-electron chi connectivity index (χ4n) is 1.86. The second-order valence-corrected chi connectivity index (χ2v) is 5.27. The lowest BCUT2D eigenvalue weighted by atomic mass is 10.1. The monoisotopic (exact) mass is 308 g/mol. The molecule has 3 nitrogen and oxygen atoms in total. The smallest absolute Gasteiger partial charge is 0.244 e. The van der Waals surface area contributed by atoms with Crippen molar-refractivity contribution in [2.45, 2.75) is 13.0 Å². The summed E-state index contributed by atoms with van der Waals surface area (Å²) < 4.78 is 0. The average molecular weight is 309 g/mol. The molecule has 20 heavy (non-hydrogen) atoms.